The van der Waals surface area contributed by atoms with E-state index in [-0.39, 0.29) is 0 Å². The first-order valence-electron chi connectivity index (χ1n) is 4.99. The van der Waals surface area contributed by atoms with Gasteiger partial charge in [-0.15, -0.1) is 0 Å². The van der Waals surface area contributed by atoms with Crippen LogP contribution in [0.2, 0.25) is 0 Å². The van der Waals surface area contributed by atoms with E-state index in [1.54, 1.807) is 0 Å². The fourth-order valence-corrected chi connectivity index (χ4v) is 2.41. The van der Waals surface area contributed by atoms with Crippen molar-refractivity contribution < 1.29 is 0 Å². The van der Waals surface area contributed by atoms with E-state index in [1.165, 1.54) is 33.4 Å². The van der Waals surface area contributed by atoms with Crippen molar-refractivity contribution in [3.05, 3.63) is 11.1 Å². The molecule has 2 aliphatic rings. The Bertz CT molecular complexity index is 448. The molecule has 0 fully saturated rings. The highest BCUT2D eigenvalue weighted by molar-refractivity contribution is 6.86. The van der Waals surface area contributed by atoms with E-state index in [9.17, 15) is 0 Å². The van der Waals surface area contributed by atoms with Gasteiger partial charge in [0.1, 0.15) is 0 Å². The maximum atomic E-state index is 4.44. The van der Waals surface area contributed by atoms with Gasteiger partial charge in [0.15, 0.2) is 0 Å². The molecule has 0 amide bonds. The monoisotopic (exact) mass is 180 g/mol. The zero-order valence-electron chi connectivity index (χ0n) is 8.46. The Balaban J connectivity index is 2.41. The summed E-state index contributed by atoms with van der Waals surface area (Å²) in [5, 5.41) is 0. The van der Waals surface area contributed by atoms with Crippen molar-refractivity contribution >= 4 is 49.1 Å². The van der Waals surface area contributed by atoms with Gasteiger partial charge in [-0.25, -0.2) is 0 Å². The van der Waals surface area contributed by atoms with E-state index in [0.717, 1.165) is 14.6 Å². The minimum atomic E-state index is 0.995. The lowest BCUT2D eigenvalue weighted by Crippen LogP contribution is -2.27. The van der Waals surface area contributed by atoms with Gasteiger partial charge >= 0.3 is 0 Å². The Morgan fingerprint density at radius 3 is 1.86 bits per heavy atom. The summed E-state index contributed by atoms with van der Waals surface area (Å²) in [6, 6.07) is 0. The van der Waals surface area contributed by atoms with E-state index in [0.29, 0.717) is 0 Å². The molecule has 0 aromatic heterocycles. The Kier molecular flexibility index (Phi) is 1.49. The van der Waals surface area contributed by atoms with Crippen molar-refractivity contribution in [1.29, 1.82) is 0 Å². The number of aliphatic imine (C=N–C) groups is 2. The summed E-state index contributed by atoms with van der Waals surface area (Å²) in [6.07, 6.45) is 4.01. The van der Waals surface area contributed by atoms with Crippen LogP contribution in [0, 0.1) is 13.8 Å². The van der Waals surface area contributed by atoms with Gasteiger partial charge in [0.2, 0.25) is 14.6 Å². The number of rotatable bonds is 0. The zero-order valence-corrected chi connectivity index (χ0v) is 8.46. The van der Waals surface area contributed by atoms with E-state index < -0.39 is 0 Å². The molecule has 2 heterocycles. The van der Waals surface area contributed by atoms with Crippen LogP contribution in [0.1, 0.15) is 11.1 Å². The lowest BCUT2D eigenvalue weighted by molar-refractivity contribution is 1.39. The second kappa shape index (κ2) is 2.59. The third-order valence-electron chi connectivity index (χ3n) is 3.22. The standard InChI is InChI=1S/C10H10B2N2/c1-5-7-9(13-3-11-7)6(2)10-8(5)12-4-14-10/h3-4,11-12H,1-2H3. The number of hydrogen-bond acceptors (Lipinski definition) is 2. The molecule has 0 atom stereocenters. The van der Waals surface area contributed by atoms with Crippen molar-refractivity contribution in [2.45, 2.75) is 13.8 Å². The molecular weight excluding hydrogens is 170 g/mol. The van der Waals surface area contributed by atoms with Gasteiger partial charge in [-0.05, 0) is 42.6 Å². The molecule has 0 saturated carbocycles. The summed E-state index contributed by atoms with van der Waals surface area (Å²) in [6.45, 7) is 4.32. The van der Waals surface area contributed by atoms with E-state index >= 15 is 0 Å². The minimum absolute atomic E-state index is 0.995. The first kappa shape index (κ1) is 8.04. The molecule has 0 radical (unpaired) electrons. The van der Waals surface area contributed by atoms with Crippen molar-refractivity contribution in [2.24, 2.45) is 9.98 Å². The highest BCUT2D eigenvalue weighted by atomic mass is 14.8. The Hall–Kier alpha value is -1.31. The van der Waals surface area contributed by atoms with Gasteiger partial charge < -0.3 is 0 Å². The quantitative estimate of drug-likeness (QED) is 0.492. The van der Waals surface area contributed by atoms with Gasteiger partial charge in [-0.2, -0.15) is 0 Å². The molecule has 2 nitrogen and oxygen atoms in total. The van der Waals surface area contributed by atoms with E-state index in [2.05, 4.69) is 23.8 Å². The summed E-state index contributed by atoms with van der Waals surface area (Å²) in [5.41, 5.74) is 7.80. The van der Waals surface area contributed by atoms with Crippen LogP contribution in [0.5, 0.6) is 0 Å². The summed E-state index contributed by atoms with van der Waals surface area (Å²) in [5.74, 6) is 0. The Morgan fingerprint density at radius 1 is 0.857 bits per heavy atom. The van der Waals surface area contributed by atoms with Crippen LogP contribution in [-0.4, -0.2) is 26.8 Å². The Labute approximate surface area is 84.6 Å². The predicted octanol–water partition coefficient (Wildman–Crippen LogP) is -0.226. The van der Waals surface area contributed by atoms with Crippen molar-refractivity contribution in [2.75, 3.05) is 0 Å². The lowest BCUT2D eigenvalue weighted by Gasteiger charge is -2.12. The maximum Gasteiger partial charge on any atom is 0.209 e. The number of nitrogens with zero attached hydrogens (tertiary/aromatic N) is 2. The second-order valence-electron chi connectivity index (χ2n) is 3.94. The molecule has 0 saturated heterocycles. The van der Waals surface area contributed by atoms with Crippen LogP contribution >= 0.6 is 0 Å². The fourth-order valence-electron chi connectivity index (χ4n) is 2.41. The first-order chi connectivity index (χ1) is 6.79. The number of hydrogen-bond donors (Lipinski definition) is 0. The van der Waals surface area contributed by atoms with Crippen LogP contribution in [0.15, 0.2) is 9.98 Å². The van der Waals surface area contributed by atoms with Crippen molar-refractivity contribution in [3.8, 4) is 0 Å². The smallest absolute Gasteiger partial charge is 0.209 e. The van der Waals surface area contributed by atoms with Crippen LogP contribution < -0.4 is 10.9 Å². The SMILES string of the molecule is Cc1c2c(c(C)c3c1BC=N3)N=CB2. The highest BCUT2D eigenvalue weighted by Gasteiger charge is 2.22. The molecular formula is C10H10B2N2. The maximum absolute atomic E-state index is 4.44. The van der Waals surface area contributed by atoms with Crippen molar-refractivity contribution in [1.82, 2.24) is 0 Å². The summed E-state index contributed by atoms with van der Waals surface area (Å²) in [4.78, 5) is 8.88. The van der Waals surface area contributed by atoms with E-state index in [1.807, 2.05) is 12.2 Å². The van der Waals surface area contributed by atoms with Crippen LogP contribution in [0.3, 0.4) is 0 Å². The van der Waals surface area contributed by atoms with Gasteiger partial charge in [0.25, 0.3) is 0 Å². The van der Waals surface area contributed by atoms with Crippen LogP contribution in [-0.2, 0) is 0 Å². The molecule has 0 spiro atoms. The Morgan fingerprint density at radius 2 is 1.36 bits per heavy atom. The molecule has 0 aliphatic carbocycles. The molecule has 2 aliphatic heterocycles. The fraction of sp³-hybridized carbons (Fsp3) is 0.200. The van der Waals surface area contributed by atoms with Gasteiger partial charge in [0, 0.05) is 0 Å². The average Bonchev–Trinajstić information content (AvgIpc) is 2.82. The van der Waals surface area contributed by atoms with Crippen molar-refractivity contribution in [3.63, 3.8) is 0 Å². The molecule has 66 valence electrons. The third kappa shape index (κ3) is 0.834. The molecule has 1 aromatic carbocycles. The molecule has 0 bridgehead atoms. The number of fused-ring (bicyclic) bond motifs is 2. The van der Waals surface area contributed by atoms with Crippen LogP contribution in [0.25, 0.3) is 0 Å². The lowest BCUT2D eigenvalue weighted by atomic mass is 9.63. The zero-order chi connectivity index (χ0) is 9.71. The number of benzene rings is 1. The third-order valence-corrected chi connectivity index (χ3v) is 3.22. The summed E-state index contributed by atoms with van der Waals surface area (Å²) >= 11 is 0. The molecule has 4 heteroatoms. The summed E-state index contributed by atoms with van der Waals surface area (Å²) < 4.78 is 0. The average molecular weight is 180 g/mol. The molecule has 3 rings (SSSR count). The van der Waals surface area contributed by atoms with E-state index in [4.69, 9.17) is 0 Å². The normalized spacial score (nSPS) is 15.0. The topological polar surface area (TPSA) is 24.7 Å². The van der Waals surface area contributed by atoms with Gasteiger partial charge in [-0.1, -0.05) is 5.56 Å². The van der Waals surface area contributed by atoms with Gasteiger partial charge in [0.05, 0.1) is 11.4 Å². The molecule has 0 N–H and O–H groups in total. The molecule has 0 unspecified atom stereocenters. The molecule has 14 heavy (non-hydrogen) atoms. The van der Waals surface area contributed by atoms with Crippen LogP contribution in [0.4, 0.5) is 11.4 Å². The largest absolute Gasteiger partial charge is 0.271 e. The predicted molar refractivity (Wildman–Crippen MR) is 65.8 cm³/mol. The first-order valence-corrected chi connectivity index (χ1v) is 4.99. The summed E-state index contributed by atoms with van der Waals surface area (Å²) in [7, 11) is 1.99. The molecule has 1 aromatic rings. The van der Waals surface area contributed by atoms with Gasteiger partial charge in [-0.3, -0.25) is 9.98 Å². The minimum Gasteiger partial charge on any atom is -0.271 e. The second-order valence-corrected chi connectivity index (χ2v) is 3.94. The highest BCUT2D eigenvalue weighted by Crippen LogP contribution is 2.29.